The van der Waals surface area contributed by atoms with Crippen molar-refractivity contribution in [2.45, 2.75) is 9.24 Å². The number of benzene rings is 1. The molecule has 0 saturated carbocycles. The van der Waals surface area contributed by atoms with Crippen LogP contribution in [-0.4, -0.2) is 16.1 Å². The lowest BCUT2D eigenvalue weighted by Gasteiger charge is -2.03. The van der Waals surface area contributed by atoms with E-state index in [2.05, 4.69) is 4.98 Å². The maximum absolute atomic E-state index is 12.9. The Hall–Kier alpha value is -1.40. The number of carboxylic acids is 1. The number of nitrogens with zero attached hydrogens (tertiary/aromatic N) is 1. The number of carbonyl (C=O) groups is 1. The highest BCUT2D eigenvalue weighted by Crippen LogP contribution is 2.32. The lowest BCUT2D eigenvalue weighted by molar-refractivity contribution is 0.0692. The van der Waals surface area contributed by atoms with Crippen LogP contribution in [0.25, 0.3) is 0 Å². The van der Waals surface area contributed by atoms with Crippen molar-refractivity contribution in [2.24, 2.45) is 0 Å². The molecule has 1 N–H and O–H groups in total. The summed E-state index contributed by atoms with van der Waals surface area (Å²) in [7, 11) is 0. The Morgan fingerprint density at radius 3 is 2.94 bits per heavy atom. The topological polar surface area (TPSA) is 50.2 Å². The first-order valence-electron chi connectivity index (χ1n) is 4.27. The third-order valence-electron chi connectivity index (χ3n) is 1.78. The van der Waals surface area contributed by atoms with Crippen LogP contribution >= 0.6 is 23.1 Å². The summed E-state index contributed by atoms with van der Waals surface area (Å²) in [5.74, 6) is -1.69. The first kappa shape index (κ1) is 11.1. The minimum absolute atomic E-state index is 0.0415. The van der Waals surface area contributed by atoms with Crippen LogP contribution in [0.3, 0.4) is 0 Å². The number of aromatic carboxylic acids is 1. The summed E-state index contributed by atoms with van der Waals surface area (Å²) in [6.45, 7) is 0. The van der Waals surface area contributed by atoms with Gasteiger partial charge in [0, 0.05) is 16.5 Å². The van der Waals surface area contributed by atoms with Crippen LogP contribution < -0.4 is 0 Å². The molecule has 0 spiro atoms. The van der Waals surface area contributed by atoms with Crippen molar-refractivity contribution in [3.05, 3.63) is 41.2 Å². The molecule has 0 radical (unpaired) electrons. The molecule has 0 unspecified atom stereocenters. The Morgan fingerprint density at radius 2 is 2.31 bits per heavy atom. The van der Waals surface area contributed by atoms with Crippen LogP contribution in [0.4, 0.5) is 4.39 Å². The van der Waals surface area contributed by atoms with E-state index in [0.717, 1.165) is 10.4 Å². The summed E-state index contributed by atoms with van der Waals surface area (Å²) in [6.07, 6.45) is 1.64. The van der Waals surface area contributed by atoms with Gasteiger partial charge >= 0.3 is 5.97 Å². The lowest BCUT2D eigenvalue weighted by atomic mass is 10.2. The summed E-state index contributed by atoms with van der Waals surface area (Å²) < 4.78 is 13.6. The monoisotopic (exact) mass is 255 g/mol. The van der Waals surface area contributed by atoms with Gasteiger partial charge < -0.3 is 5.11 Å². The molecular formula is C10H6FNO2S2. The van der Waals surface area contributed by atoms with Gasteiger partial charge in [-0.25, -0.2) is 14.2 Å². The average Bonchev–Trinajstić information content (AvgIpc) is 2.73. The molecular weight excluding hydrogens is 249 g/mol. The second kappa shape index (κ2) is 4.63. The zero-order valence-electron chi connectivity index (χ0n) is 7.88. The molecule has 82 valence electrons. The van der Waals surface area contributed by atoms with Crippen LogP contribution in [0.1, 0.15) is 10.4 Å². The van der Waals surface area contributed by atoms with Gasteiger partial charge in [-0.1, -0.05) is 11.8 Å². The molecule has 2 rings (SSSR count). The van der Waals surface area contributed by atoms with Gasteiger partial charge in [0.15, 0.2) is 4.34 Å². The number of thiazole rings is 1. The predicted molar refractivity (Wildman–Crippen MR) is 59.6 cm³/mol. The van der Waals surface area contributed by atoms with E-state index in [1.165, 1.54) is 35.2 Å². The Labute approximate surface area is 99.0 Å². The van der Waals surface area contributed by atoms with Crippen molar-refractivity contribution in [1.29, 1.82) is 0 Å². The zero-order chi connectivity index (χ0) is 11.5. The van der Waals surface area contributed by atoms with Crippen molar-refractivity contribution < 1.29 is 14.3 Å². The van der Waals surface area contributed by atoms with E-state index in [9.17, 15) is 9.18 Å². The fourth-order valence-corrected chi connectivity index (χ4v) is 2.80. The maximum atomic E-state index is 12.9. The zero-order valence-corrected chi connectivity index (χ0v) is 9.52. The first-order valence-corrected chi connectivity index (χ1v) is 5.96. The number of halogens is 1. The third kappa shape index (κ3) is 2.40. The molecule has 1 heterocycles. The fourth-order valence-electron chi connectivity index (χ4n) is 1.11. The van der Waals surface area contributed by atoms with Crippen LogP contribution in [0.15, 0.2) is 39.0 Å². The quantitative estimate of drug-likeness (QED) is 0.915. The van der Waals surface area contributed by atoms with Gasteiger partial charge in [0.05, 0.1) is 5.56 Å². The van der Waals surface area contributed by atoms with E-state index in [4.69, 9.17) is 5.11 Å². The van der Waals surface area contributed by atoms with Crippen molar-refractivity contribution in [3.63, 3.8) is 0 Å². The number of hydrogen-bond acceptors (Lipinski definition) is 4. The van der Waals surface area contributed by atoms with Crippen LogP contribution in [-0.2, 0) is 0 Å². The standard InChI is InChI=1S/C10H6FNO2S2/c11-6-1-2-8(7(5-6)9(13)14)16-10-12-3-4-15-10/h1-5H,(H,13,14). The van der Waals surface area contributed by atoms with E-state index in [1.807, 2.05) is 0 Å². The number of carboxylic acid groups (broad SMARTS) is 1. The minimum atomic E-state index is -1.14. The van der Waals surface area contributed by atoms with Gasteiger partial charge in [0.1, 0.15) is 5.82 Å². The van der Waals surface area contributed by atoms with Gasteiger partial charge in [-0.2, -0.15) is 0 Å². The number of aromatic nitrogens is 1. The van der Waals surface area contributed by atoms with Crippen molar-refractivity contribution in [2.75, 3.05) is 0 Å². The highest BCUT2D eigenvalue weighted by atomic mass is 32.2. The minimum Gasteiger partial charge on any atom is -0.478 e. The van der Waals surface area contributed by atoms with Crippen molar-refractivity contribution >= 4 is 29.1 Å². The normalized spacial score (nSPS) is 10.3. The maximum Gasteiger partial charge on any atom is 0.336 e. The average molecular weight is 255 g/mol. The molecule has 0 amide bonds. The molecule has 0 aliphatic rings. The van der Waals surface area contributed by atoms with Gasteiger partial charge in [0.2, 0.25) is 0 Å². The number of rotatable bonds is 3. The highest BCUT2D eigenvalue weighted by Gasteiger charge is 2.13. The predicted octanol–water partition coefficient (Wildman–Crippen LogP) is 3.13. The van der Waals surface area contributed by atoms with Gasteiger partial charge in [-0.15, -0.1) is 11.3 Å². The lowest BCUT2D eigenvalue weighted by Crippen LogP contribution is -1.99. The van der Waals surface area contributed by atoms with Gasteiger partial charge in [-0.05, 0) is 18.2 Å². The van der Waals surface area contributed by atoms with Gasteiger partial charge in [-0.3, -0.25) is 0 Å². The van der Waals surface area contributed by atoms with Crippen LogP contribution in [0.2, 0.25) is 0 Å². The summed E-state index contributed by atoms with van der Waals surface area (Å²) in [4.78, 5) is 15.4. The first-order chi connectivity index (χ1) is 7.66. The molecule has 0 aliphatic heterocycles. The molecule has 3 nitrogen and oxygen atoms in total. The highest BCUT2D eigenvalue weighted by molar-refractivity contribution is 8.01. The Kier molecular flexibility index (Phi) is 3.21. The van der Waals surface area contributed by atoms with Gasteiger partial charge in [0.25, 0.3) is 0 Å². The summed E-state index contributed by atoms with van der Waals surface area (Å²) in [5.41, 5.74) is -0.0415. The number of hydrogen-bond donors (Lipinski definition) is 1. The largest absolute Gasteiger partial charge is 0.478 e. The van der Waals surface area contributed by atoms with Crippen LogP contribution in [0.5, 0.6) is 0 Å². The molecule has 1 aromatic heterocycles. The molecule has 6 heteroatoms. The second-order valence-electron chi connectivity index (χ2n) is 2.85. The Balaban J connectivity index is 2.36. The molecule has 16 heavy (non-hydrogen) atoms. The SMILES string of the molecule is O=C(O)c1cc(F)ccc1Sc1nccs1. The van der Waals surface area contributed by atoms with E-state index >= 15 is 0 Å². The third-order valence-corrected chi connectivity index (χ3v) is 3.74. The van der Waals surface area contributed by atoms with E-state index in [1.54, 1.807) is 11.6 Å². The molecule has 1 aromatic carbocycles. The molecule has 0 fully saturated rings. The molecule has 0 bridgehead atoms. The molecule has 2 aromatic rings. The van der Waals surface area contributed by atoms with E-state index in [-0.39, 0.29) is 5.56 Å². The van der Waals surface area contributed by atoms with E-state index in [0.29, 0.717) is 4.90 Å². The van der Waals surface area contributed by atoms with Crippen LogP contribution in [0, 0.1) is 5.82 Å². The van der Waals surface area contributed by atoms with Crippen molar-refractivity contribution in [3.8, 4) is 0 Å². The van der Waals surface area contributed by atoms with E-state index < -0.39 is 11.8 Å². The fraction of sp³-hybridized carbons (Fsp3) is 0. The van der Waals surface area contributed by atoms with Crippen molar-refractivity contribution in [1.82, 2.24) is 4.98 Å². The summed E-state index contributed by atoms with van der Waals surface area (Å²) in [6, 6.07) is 3.70. The molecule has 0 aliphatic carbocycles. The molecule has 0 atom stereocenters. The summed E-state index contributed by atoms with van der Waals surface area (Å²) >= 11 is 2.63. The summed E-state index contributed by atoms with van der Waals surface area (Å²) in [5, 5.41) is 10.7. The Morgan fingerprint density at radius 1 is 1.50 bits per heavy atom. The Bertz CT molecular complexity index is 514. The smallest absolute Gasteiger partial charge is 0.336 e. The molecule has 0 saturated heterocycles. The second-order valence-corrected chi connectivity index (χ2v) is 5.03.